The Hall–Kier alpha value is -0.610. The van der Waals surface area contributed by atoms with Crippen molar-refractivity contribution < 1.29 is 14.3 Å². The van der Waals surface area contributed by atoms with E-state index in [0.29, 0.717) is 13.2 Å². The minimum Gasteiger partial charge on any atom is -0.456 e. The number of hydrogen-bond acceptors (Lipinski definition) is 4. The highest BCUT2D eigenvalue weighted by atomic mass is 16.6. The fourth-order valence-corrected chi connectivity index (χ4v) is 0.847. The van der Waals surface area contributed by atoms with E-state index in [1.165, 1.54) is 0 Å². The van der Waals surface area contributed by atoms with Crippen LogP contribution in [0.4, 0.5) is 0 Å². The van der Waals surface area contributed by atoms with Crippen LogP contribution in [0.2, 0.25) is 0 Å². The van der Waals surface area contributed by atoms with Crippen LogP contribution in [0.5, 0.6) is 0 Å². The highest BCUT2D eigenvalue weighted by Gasteiger charge is 2.23. The van der Waals surface area contributed by atoms with E-state index >= 15 is 0 Å². The van der Waals surface area contributed by atoms with Crippen molar-refractivity contribution in [1.29, 1.82) is 0 Å². The van der Waals surface area contributed by atoms with Gasteiger partial charge in [-0.05, 0) is 20.8 Å². The first-order valence-corrected chi connectivity index (χ1v) is 4.49. The maximum absolute atomic E-state index is 11.2. The summed E-state index contributed by atoms with van der Waals surface area (Å²) in [6.45, 7) is 7.37. The van der Waals surface area contributed by atoms with E-state index < -0.39 is 0 Å². The first-order valence-electron chi connectivity index (χ1n) is 4.49. The molecule has 0 atom stereocenters. The molecular formula is C9H17NO3. The predicted octanol–water partition coefficient (Wildman–Crippen LogP) is 0.316. The Kier molecular flexibility index (Phi) is 3.27. The number of carbonyl (C=O) groups excluding carboxylic acids is 1. The lowest BCUT2D eigenvalue weighted by Gasteiger charge is -2.26. The lowest BCUT2D eigenvalue weighted by Crippen LogP contribution is -2.44. The van der Waals surface area contributed by atoms with E-state index in [2.05, 4.69) is 5.32 Å². The first kappa shape index (κ1) is 10.5. The van der Waals surface area contributed by atoms with Gasteiger partial charge < -0.3 is 14.8 Å². The predicted molar refractivity (Wildman–Crippen MR) is 48.5 cm³/mol. The fraction of sp³-hybridized carbons (Fsp3) is 0.889. The van der Waals surface area contributed by atoms with Crippen molar-refractivity contribution in [2.75, 3.05) is 19.8 Å². The number of hydrogen-bond donors (Lipinski definition) is 1. The number of carbonyl (C=O) groups is 1. The summed E-state index contributed by atoms with van der Waals surface area (Å²) in [7, 11) is 0. The third-order valence-electron chi connectivity index (χ3n) is 1.67. The molecule has 0 radical (unpaired) electrons. The summed E-state index contributed by atoms with van der Waals surface area (Å²) in [4.78, 5) is 11.2. The molecule has 13 heavy (non-hydrogen) atoms. The van der Waals surface area contributed by atoms with Crippen LogP contribution < -0.4 is 5.32 Å². The molecule has 1 aliphatic rings. The van der Waals surface area contributed by atoms with Gasteiger partial charge in [-0.2, -0.15) is 0 Å². The molecule has 0 spiro atoms. The standard InChI is InChI=1S/C9H17NO3/c1-9(2,3)10-4-8(11)13-7-5-12-6-7/h7,10H,4-6H2,1-3H3. The van der Waals surface area contributed by atoms with Gasteiger partial charge in [0.15, 0.2) is 0 Å². The number of esters is 1. The Bertz CT molecular complexity index is 182. The van der Waals surface area contributed by atoms with E-state index in [1.54, 1.807) is 0 Å². The normalized spacial score (nSPS) is 18.1. The molecule has 0 aromatic rings. The second kappa shape index (κ2) is 4.07. The summed E-state index contributed by atoms with van der Waals surface area (Å²) in [5, 5.41) is 3.06. The SMILES string of the molecule is CC(C)(C)NCC(=O)OC1COC1. The zero-order valence-corrected chi connectivity index (χ0v) is 8.42. The van der Waals surface area contributed by atoms with Gasteiger partial charge in [0.25, 0.3) is 0 Å². The molecule has 1 fully saturated rings. The molecular weight excluding hydrogens is 170 g/mol. The highest BCUT2D eigenvalue weighted by Crippen LogP contribution is 2.05. The Labute approximate surface area is 78.6 Å². The summed E-state index contributed by atoms with van der Waals surface area (Å²) < 4.78 is 9.94. The molecule has 1 rings (SSSR count). The van der Waals surface area contributed by atoms with Gasteiger partial charge in [0.2, 0.25) is 0 Å². The van der Waals surface area contributed by atoms with Gasteiger partial charge in [0, 0.05) is 5.54 Å². The zero-order chi connectivity index (χ0) is 9.90. The minimum atomic E-state index is -0.205. The van der Waals surface area contributed by atoms with Crippen LogP contribution in [-0.2, 0) is 14.3 Å². The molecule has 0 saturated carbocycles. The third-order valence-corrected chi connectivity index (χ3v) is 1.67. The van der Waals surface area contributed by atoms with Gasteiger partial charge in [0.1, 0.15) is 6.10 Å². The van der Waals surface area contributed by atoms with E-state index in [-0.39, 0.29) is 24.2 Å². The van der Waals surface area contributed by atoms with Gasteiger partial charge in [-0.1, -0.05) is 0 Å². The van der Waals surface area contributed by atoms with Gasteiger partial charge in [0.05, 0.1) is 19.8 Å². The van der Waals surface area contributed by atoms with Crippen molar-refractivity contribution in [2.24, 2.45) is 0 Å². The lowest BCUT2D eigenvalue weighted by molar-refractivity contribution is -0.171. The largest absolute Gasteiger partial charge is 0.456 e. The third kappa shape index (κ3) is 4.24. The molecule has 1 heterocycles. The quantitative estimate of drug-likeness (QED) is 0.646. The second-order valence-electron chi connectivity index (χ2n) is 4.25. The molecule has 1 N–H and O–H groups in total. The highest BCUT2D eigenvalue weighted by molar-refractivity contribution is 5.72. The Morgan fingerprint density at radius 1 is 1.54 bits per heavy atom. The molecule has 1 saturated heterocycles. The smallest absolute Gasteiger partial charge is 0.320 e. The maximum Gasteiger partial charge on any atom is 0.320 e. The lowest BCUT2D eigenvalue weighted by atomic mass is 10.1. The van der Waals surface area contributed by atoms with E-state index in [9.17, 15) is 4.79 Å². The molecule has 4 nitrogen and oxygen atoms in total. The Morgan fingerprint density at radius 2 is 2.15 bits per heavy atom. The van der Waals surface area contributed by atoms with Crippen molar-refractivity contribution in [3.05, 3.63) is 0 Å². The monoisotopic (exact) mass is 187 g/mol. The maximum atomic E-state index is 11.2. The van der Waals surface area contributed by atoms with Gasteiger partial charge >= 0.3 is 5.97 Å². The summed E-state index contributed by atoms with van der Waals surface area (Å²) >= 11 is 0. The molecule has 4 heteroatoms. The van der Waals surface area contributed by atoms with Crippen LogP contribution in [0.25, 0.3) is 0 Å². The molecule has 0 aromatic carbocycles. The van der Waals surface area contributed by atoms with Crippen LogP contribution in [0.3, 0.4) is 0 Å². The Balaban J connectivity index is 2.10. The van der Waals surface area contributed by atoms with Crippen LogP contribution in [0.1, 0.15) is 20.8 Å². The van der Waals surface area contributed by atoms with E-state index in [4.69, 9.17) is 9.47 Å². The molecule has 0 amide bonds. The first-order chi connectivity index (χ1) is 5.97. The minimum absolute atomic E-state index is 0.0192. The molecule has 76 valence electrons. The van der Waals surface area contributed by atoms with Crippen molar-refractivity contribution in [1.82, 2.24) is 5.32 Å². The van der Waals surface area contributed by atoms with Crippen molar-refractivity contribution in [3.63, 3.8) is 0 Å². The second-order valence-corrected chi connectivity index (χ2v) is 4.25. The molecule has 1 aliphatic heterocycles. The topological polar surface area (TPSA) is 47.6 Å². The van der Waals surface area contributed by atoms with Gasteiger partial charge in [-0.25, -0.2) is 0 Å². The number of rotatable bonds is 3. The fourth-order valence-electron chi connectivity index (χ4n) is 0.847. The van der Waals surface area contributed by atoms with Crippen LogP contribution in [0, 0.1) is 0 Å². The average molecular weight is 187 g/mol. The van der Waals surface area contributed by atoms with Crippen LogP contribution >= 0.6 is 0 Å². The van der Waals surface area contributed by atoms with E-state index in [0.717, 1.165) is 0 Å². The summed E-state index contributed by atoms with van der Waals surface area (Å²) in [6, 6.07) is 0. The molecule has 0 aliphatic carbocycles. The van der Waals surface area contributed by atoms with Gasteiger partial charge in [-0.3, -0.25) is 4.79 Å². The summed E-state index contributed by atoms with van der Waals surface area (Å²) in [5.74, 6) is -0.205. The van der Waals surface area contributed by atoms with Gasteiger partial charge in [-0.15, -0.1) is 0 Å². The number of ether oxygens (including phenoxy) is 2. The molecule has 0 aromatic heterocycles. The molecule has 0 unspecified atom stereocenters. The van der Waals surface area contributed by atoms with Crippen LogP contribution in [-0.4, -0.2) is 37.4 Å². The van der Waals surface area contributed by atoms with E-state index in [1.807, 2.05) is 20.8 Å². The zero-order valence-electron chi connectivity index (χ0n) is 8.42. The van der Waals surface area contributed by atoms with Crippen molar-refractivity contribution in [3.8, 4) is 0 Å². The summed E-state index contributed by atoms with van der Waals surface area (Å²) in [6.07, 6.45) is -0.0192. The van der Waals surface area contributed by atoms with Crippen molar-refractivity contribution >= 4 is 5.97 Å². The average Bonchev–Trinajstić information content (AvgIpc) is 1.91. The van der Waals surface area contributed by atoms with Crippen molar-refractivity contribution in [2.45, 2.75) is 32.4 Å². The van der Waals surface area contributed by atoms with Crippen LogP contribution in [0.15, 0.2) is 0 Å². The Morgan fingerprint density at radius 3 is 2.54 bits per heavy atom. The number of nitrogens with one attached hydrogen (secondary N) is 1. The molecule has 0 bridgehead atoms. The summed E-state index contributed by atoms with van der Waals surface area (Å²) in [5.41, 5.74) is -0.0465.